The molecule has 3 nitrogen and oxygen atoms in total. The first-order valence-electron chi connectivity index (χ1n) is 6.59. The van der Waals surface area contributed by atoms with E-state index in [1.54, 1.807) is 0 Å². The Balaban J connectivity index is 1.88. The number of piperazine rings is 2. The summed E-state index contributed by atoms with van der Waals surface area (Å²) in [6, 6.07) is 0.773. The number of rotatable bonds is 1. The first kappa shape index (κ1) is 12.3. The van der Waals surface area contributed by atoms with Gasteiger partial charge < -0.3 is 4.90 Å². The number of hydrogen-bond donors (Lipinski definition) is 0. The van der Waals surface area contributed by atoms with Crippen LogP contribution in [0.1, 0.15) is 20.8 Å². The van der Waals surface area contributed by atoms with Crippen LogP contribution in [0.5, 0.6) is 0 Å². The van der Waals surface area contributed by atoms with Crippen molar-refractivity contribution in [2.45, 2.75) is 26.8 Å². The van der Waals surface area contributed by atoms with Crippen molar-refractivity contribution in [2.75, 3.05) is 52.9 Å². The van der Waals surface area contributed by atoms with Crippen LogP contribution in [0.4, 0.5) is 0 Å². The molecule has 2 rings (SSSR count). The number of likely N-dealkylation sites (N-methyl/N-ethyl adjacent to an activating group) is 1. The van der Waals surface area contributed by atoms with Gasteiger partial charge in [0.1, 0.15) is 0 Å². The van der Waals surface area contributed by atoms with E-state index in [1.165, 1.54) is 45.8 Å². The molecule has 0 aromatic heterocycles. The fourth-order valence-corrected chi connectivity index (χ4v) is 2.99. The average Bonchev–Trinajstić information content (AvgIpc) is 2.14. The summed E-state index contributed by atoms with van der Waals surface area (Å²) < 4.78 is 0. The molecule has 2 aliphatic heterocycles. The monoisotopic (exact) mass is 225 g/mol. The van der Waals surface area contributed by atoms with Crippen molar-refractivity contribution in [3.8, 4) is 0 Å². The van der Waals surface area contributed by atoms with E-state index in [9.17, 15) is 0 Å². The third kappa shape index (κ3) is 3.19. The van der Waals surface area contributed by atoms with E-state index in [-0.39, 0.29) is 0 Å². The quantitative estimate of drug-likeness (QED) is 0.658. The highest BCUT2D eigenvalue weighted by Gasteiger charge is 2.31. The van der Waals surface area contributed by atoms with E-state index in [4.69, 9.17) is 0 Å². The number of nitrogens with zero attached hydrogens (tertiary/aromatic N) is 3. The number of hydrogen-bond acceptors (Lipinski definition) is 3. The third-order valence-corrected chi connectivity index (χ3v) is 3.68. The van der Waals surface area contributed by atoms with E-state index in [1.807, 2.05) is 0 Å². The molecule has 0 aromatic rings. The molecule has 0 N–H and O–H groups in total. The molecule has 2 fully saturated rings. The molecular formula is C13H27N3. The molecule has 0 radical (unpaired) electrons. The summed E-state index contributed by atoms with van der Waals surface area (Å²) in [4.78, 5) is 7.81. The van der Waals surface area contributed by atoms with Gasteiger partial charge in [0.2, 0.25) is 0 Å². The van der Waals surface area contributed by atoms with Crippen molar-refractivity contribution in [1.82, 2.24) is 14.7 Å². The first-order chi connectivity index (χ1) is 7.44. The van der Waals surface area contributed by atoms with Crippen molar-refractivity contribution in [3.63, 3.8) is 0 Å². The molecule has 0 amide bonds. The summed E-state index contributed by atoms with van der Waals surface area (Å²) in [5.41, 5.74) is 0.433. The van der Waals surface area contributed by atoms with Gasteiger partial charge in [-0.3, -0.25) is 9.80 Å². The minimum absolute atomic E-state index is 0.433. The molecule has 1 atom stereocenters. The van der Waals surface area contributed by atoms with Crippen LogP contribution in [0.2, 0.25) is 0 Å². The van der Waals surface area contributed by atoms with Crippen LogP contribution < -0.4 is 0 Å². The standard InChI is InChI=1S/C13H27N3/c1-13(2,3)11-15-6-8-16-7-5-14(4)9-12(16)10-15/h12H,5-11H2,1-4H3. The summed E-state index contributed by atoms with van der Waals surface area (Å²) in [7, 11) is 2.25. The second-order valence-corrected chi connectivity index (χ2v) is 6.75. The minimum Gasteiger partial charge on any atom is -0.303 e. The zero-order valence-corrected chi connectivity index (χ0v) is 11.4. The van der Waals surface area contributed by atoms with Crippen LogP contribution >= 0.6 is 0 Å². The van der Waals surface area contributed by atoms with Crippen LogP contribution in [-0.2, 0) is 0 Å². The molecular weight excluding hydrogens is 198 g/mol. The summed E-state index contributed by atoms with van der Waals surface area (Å²) in [6.07, 6.45) is 0. The Hall–Kier alpha value is -0.120. The molecule has 0 spiro atoms. The fourth-order valence-electron chi connectivity index (χ4n) is 2.99. The summed E-state index contributed by atoms with van der Waals surface area (Å²) >= 11 is 0. The van der Waals surface area contributed by atoms with Crippen LogP contribution in [0.25, 0.3) is 0 Å². The Morgan fingerprint density at radius 1 is 1.00 bits per heavy atom. The summed E-state index contributed by atoms with van der Waals surface area (Å²) in [5.74, 6) is 0. The van der Waals surface area contributed by atoms with Crippen LogP contribution in [-0.4, -0.2) is 73.6 Å². The molecule has 0 aliphatic carbocycles. The van der Waals surface area contributed by atoms with Gasteiger partial charge in [-0.1, -0.05) is 20.8 Å². The lowest BCUT2D eigenvalue weighted by Crippen LogP contribution is -2.61. The van der Waals surface area contributed by atoms with Crippen LogP contribution in [0, 0.1) is 5.41 Å². The Labute approximate surface area is 100 Å². The molecule has 3 heteroatoms. The average molecular weight is 225 g/mol. The SMILES string of the molecule is CN1CCN2CCN(CC(C)(C)C)CC2C1. The van der Waals surface area contributed by atoms with Crippen molar-refractivity contribution < 1.29 is 0 Å². The lowest BCUT2D eigenvalue weighted by Gasteiger charge is -2.47. The maximum atomic E-state index is 2.68. The molecule has 2 aliphatic rings. The molecule has 2 saturated heterocycles. The van der Waals surface area contributed by atoms with E-state index < -0.39 is 0 Å². The van der Waals surface area contributed by atoms with Gasteiger partial charge in [0, 0.05) is 51.9 Å². The van der Waals surface area contributed by atoms with E-state index in [0.717, 1.165) is 6.04 Å². The zero-order chi connectivity index (χ0) is 11.8. The Morgan fingerprint density at radius 3 is 2.38 bits per heavy atom. The minimum atomic E-state index is 0.433. The van der Waals surface area contributed by atoms with Crippen LogP contribution in [0.3, 0.4) is 0 Å². The molecule has 94 valence electrons. The molecule has 16 heavy (non-hydrogen) atoms. The Kier molecular flexibility index (Phi) is 3.57. The highest BCUT2D eigenvalue weighted by atomic mass is 15.3. The lowest BCUT2D eigenvalue weighted by atomic mass is 9.95. The van der Waals surface area contributed by atoms with E-state index >= 15 is 0 Å². The van der Waals surface area contributed by atoms with Gasteiger partial charge in [0.05, 0.1) is 0 Å². The molecule has 1 unspecified atom stereocenters. The molecule has 2 heterocycles. The van der Waals surface area contributed by atoms with Gasteiger partial charge >= 0.3 is 0 Å². The smallest absolute Gasteiger partial charge is 0.0351 e. The largest absolute Gasteiger partial charge is 0.303 e. The van der Waals surface area contributed by atoms with Crippen LogP contribution in [0.15, 0.2) is 0 Å². The van der Waals surface area contributed by atoms with Gasteiger partial charge in [0.25, 0.3) is 0 Å². The molecule has 0 saturated carbocycles. The van der Waals surface area contributed by atoms with Gasteiger partial charge in [-0.2, -0.15) is 0 Å². The Morgan fingerprint density at radius 2 is 1.69 bits per heavy atom. The van der Waals surface area contributed by atoms with Gasteiger partial charge in [-0.05, 0) is 12.5 Å². The maximum absolute atomic E-state index is 2.68. The second-order valence-electron chi connectivity index (χ2n) is 6.75. The predicted octanol–water partition coefficient (Wildman–Crippen LogP) is 0.964. The Bertz CT molecular complexity index is 234. The molecule has 0 aromatic carbocycles. The number of fused-ring (bicyclic) bond motifs is 1. The third-order valence-electron chi connectivity index (χ3n) is 3.68. The summed E-state index contributed by atoms with van der Waals surface area (Å²) in [5, 5.41) is 0. The van der Waals surface area contributed by atoms with Crippen molar-refractivity contribution in [3.05, 3.63) is 0 Å². The summed E-state index contributed by atoms with van der Waals surface area (Å²) in [6.45, 7) is 15.8. The van der Waals surface area contributed by atoms with Gasteiger partial charge in [-0.15, -0.1) is 0 Å². The van der Waals surface area contributed by atoms with Gasteiger partial charge in [-0.25, -0.2) is 0 Å². The first-order valence-corrected chi connectivity index (χ1v) is 6.59. The second kappa shape index (κ2) is 4.63. The highest BCUT2D eigenvalue weighted by Crippen LogP contribution is 2.20. The topological polar surface area (TPSA) is 9.72 Å². The maximum Gasteiger partial charge on any atom is 0.0351 e. The fraction of sp³-hybridized carbons (Fsp3) is 1.00. The van der Waals surface area contributed by atoms with Crippen molar-refractivity contribution in [1.29, 1.82) is 0 Å². The van der Waals surface area contributed by atoms with Gasteiger partial charge in [0.15, 0.2) is 0 Å². The van der Waals surface area contributed by atoms with Crippen molar-refractivity contribution in [2.24, 2.45) is 5.41 Å². The van der Waals surface area contributed by atoms with Crippen molar-refractivity contribution >= 4 is 0 Å². The predicted molar refractivity (Wildman–Crippen MR) is 68.8 cm³/mol. The highest BCUT2D eigenvalue weighted by molar-refractivity contribution is 4.88. The van der Waals surface area contributed by atoms with E-state index in [2.05, 4.69) is 42.5 Å². The zero-order valence-electron chi connectivity index (χ0n) is 11.4. The molecule has 0 bridgehead atoms. The normalized spacial score (nSPS) is 30.4. The van der Waals surface area contributed by atoms with E-state index in [0.29, 0.717) is 5.41 Å². The lowest BCUT2D eigenvalue weighted by molar-refractivity contribution is 0.00975.